The lowest BCUT2D eigenvalue weighted by Gasteiger charge is -2.36. The zero-order valence-electron chi connectivity index (χ0n) is 17.6. The van der Waals surface area contributed by atoms with E-state index in [0.717, 1.165) is 28.8 Å². The highest BCUT2D eigenvalue weighted by Gasteiger charge is 2.34. The molecule has 1 atom stereocenters. The van der Waals surface area contributed by atoms with Crippen LogP contribution in [0.5, 0.6) is 0 Å². The Balaban J connectivity index is 1.56. The normalized spacial score (nSPS) is 15.7. The molecule has 2 amide bonds. The molecule has 0 radical (unpaired) electrons. The van der Waals surface area contributed by atoms with Gasteiger partial charge in [0, 0.05) is 33.9 Å². The quantitative estimate of drug-likeness (QED) is 0.369. The SMILES string of the molecule is Cc1ccc([C@H]2c3[nH]c4ccccc4c3CCN2C(=O)Nc2ccc(C)c(Cl)c2)cc1. The molecule has 0 bridgehead atoms. The predicted molar refractivity (Wildman–Crippen MR) is 127 cm³/mol. The monoisotopic (exact) mass is 429 g/mol. The maximum atomic E-state index is 13.4. The molecule has 0 saturated carbocycles. The molecule has 1 aromatic heterocycles. The fourth-order valence-electron chi connectivity index (χ4n) is 4.42. The second kappa shape index (κ2) is 7.78. The molecule has 4 nitrogen and oxygen atoms in total. The zero-order valence-corrected chi connectivity index (χ0v) is 18.3. The molecule has 3 aromatic carbocycles. The van der Waals surface area contributed by atoms with Crippen LogP contribution >= 0.6 is 11.6 Å². The van der Waals surface area contributed by atoms with Crippen LogP contribution in [0.2, 0.25) is 5.02 Å². The first-order valence-electron chi connectivity index (χ1n) is 10.5. The Morgan fingerprint density at radius 3 is 2.61 bits per heavy atom. The number of hydrogen-bond acceptors (Lipinski definition) is 1. The molecule has 2 heterocycles. The van der Waals surface area contributed by atoms with Crippen LogP contribution in [0, 0.1) is 13.8 Å². The third kappa shape index (κ3) is 3.57. The maximum Gasteiger partial charge on any atom is 0.322 e. The van der Waals surface area contributed by atoms with E-state index in [9.17, 15) is 4.79 Å². The van der Waals surface area contributed by atoms with Gasteiger partial charge in [0.25, 0.3) is 0 Å². The number of nitrogens with zero attached hydrogens (tertiary/aromatic N) is 1. The fraction of sp³-hybridized carbons (Fsp3) is 0.192. The summed E-state index contributed by atoms with van der Waals surface area (Å²) in [5.41, 5.74) is 7.47. The minimum absolute atomic E-state index is 0.130. The van der Waals surface area contributed by atoms with Crippen LogP contribution in [0.25, 0.3) is 10.9 Å². The largest absolute Gasteiger partial charge is 0.356 e. The summed E-state index contributed by atoms with van der Waals surface area (Å²) in [6.07, 6.45) is 0.809. The van der Waals surface area contributed by atoms with Gasteiger partial charge < -0.3 is 15.2 Å². The number of carbonyl (C=O) groups excluding carboxylic acids is 1. The number of halogens is 1. The number of aryl methyl sites for hydroxylation is 2. The summed E-state index contributed by atoms with van der Waals surface area (Å²) in [5.74, 6) is 0. The number of urea groups is 1. The highest BCUT2D eigenvalue weighted by Crippen LogP contribution is 2.38. The van der Waals surface area contributed by atoms with E-state index in [4.69, 9.17) is 11.6 Å². The average Bonchev–Trinajstić information content (AvgIpc) is 3.15. The van der Waals surface area contributed by atoms with Crippen molar-refractivity contribution in [3.05, 3.63) is 99.7 Å². The number of carbonyl (C=O) groups is 1. The second-order valence-corrected chi connectivity index (χ2v) is 8.62. The molecule has 31 heavy (non-hydrogen) atoms. The molecule has 0 aliphatic carbocycles. The molecule has 5 rings (SSSR count). The smallest absolute Gasteiger partial charge is 0.322 e. The first-order valence-corrected chi connectivity index (χ1v) is 10.9. The van der Waals surface area contributed by atoms with Gasteiger partial charge in [0.2, 0.25) is 0 Å². The standard InChI is InChI=1S/C26H24ClN3O/c1-16-7-10-18(11-8-16)25-24-21(20-5-3-4-6-23(20)29-24)13-14-30(25)26(31)28-19-12-9-17(2)22(27)15-19/h3-12,15,25,29H,13-14H2,1-2H3,(H,28,31)/t25-/m0/s1. The molecule has 4 aromatic rings. The number of aromatic nitrogens is 1. The van der Waals surface area contributed by atoms with Crippen LogP contribution in [0.15, 0.2) is 66.7 Å². The van der Waals surface area contributed by atoms with E-state index in [2.05, 4.69) is 59.7 Å². The predicted octanol–water partition coefficient (Wildman–Crippen LogP) is 6.62. The number of fused-ring (bicyclic) bond motifs is 3. The Hall–Kier alpha value is -3.24. The van der Waals surface area contributed by atoms with Crippen molar-refractivity contribution in [3.8, 4) is 0 Å². The van der Waals surface area contributed by atoms with E-state index in [1.807, 2.05) is 30.0 Å². The van der Waals surface area contributed by atoms with Crippen molar-refractivity contribution in [2.75, 3.05) is 11.9 Å². The van der Waals surface area contributed by atoms with Gasteiger partial charge in [0.1, 0.15) is 0 Å². The van der Waals surface area contributed by atoms with Crippen molar-refractivity contribution in [1.29, 1.82) is 0 Å². The van der Waals surface area contributed by atoms with Crippen molar-refractivity contribution < 1.29 is 4.79 Å². The third-order valence-corrected chi connectivity index (χ3v) is 6.52. The van der Waals surface area contributed by atoms with Crippen molar-refractivity contribution in [2.24, 2.45) is 0 Å². The molecule has 5 heteroatoms. The van der Waals surface area contributed by atoms with Gasteiger partial charge in [-0.1, -0.05) is 65.7 Å². The first-order chi connectivity index (χ1) is 15.0. The average molecular weight is 430 g/mol. The summed E-state index contributed by atoms with van der Waals surface area (Å²) in [5, 5.41) is 4.92. The number of amides is 2. The van der Waals surface area contributed by atoms with Crippen LogP contribution in [-0.2, 0) is 6.42 Å². The van der Waals surface area contributed by atoms with Crippen LogP contribution in [0.1, 0.15) is 34.0 Å². The number of para-hydroxylation sites is 1. The Bertz CT molecular complexity index is 1280. The van der Waals surface area contributed by atoms with Crippen LogP contribution in [-0.4, -0.2) is 22.5 Å². The van der Waals surface area contributed by atoms with Crippen molar-refractivity contribution in [1.82, 2.24) is 9.88 Å². The number of hydrogen-bond donors (Lipinski definition) is 2. The molecule has 0 spiro atoms. The second-order valence-electron chi connectivity index (χ2n) is 8.21. The molecule has 1 aliphatic heterocycles. The summed E-state index contributed by atoms with van der Waals surface area (Å²) in [6, 6.07) is 22.1. The Morgan fingerprint density at radius 2 is 1.84 bits per heavy atom. The van der Waals surface area contributed by atoms with Crippen LogP contribution < -0.4 is 5.32 Å². The number of H-pyrrole nitrogens is 1. The van der Waals surface area contributed by atoms with Gasteiger partial charge in [-0.05, 0) is 55.2 Å². The molecule has 0 saturated heterocycles. The summed E-state index contributed by atoms with van der Waals surface area (Å²) in [4.78, 5) is 18.9. The van der Waals surface area contributed by atoms with Gasteiger partial charge >= 0.3 is 6.03 Å². The van der Waals surface area contributed by atoms with Crippen molar-refractivity contribution in [2.45, 2.75) is 26.3 Å². The van der Waals surface area contributed by atoms with Crippen molar-refractivity contribution in [3.63, 3.8) is 0 Å². The van der Waals surface area contributed by atoms with E-state index in [1.165, 1.54) is 16.5 Å². The molecule has 0 unspecified atom stereocenters. The van der Waals surface area contributed by atoms with E-state index in [1.54, 1.807) is 6.07 Å². The summed E-state index contributed by atoms with van der Waals surface area (Å²) < 4.78 is 0. The molecule has 0 fully saturated rings. The third-order valence-electron chi connectivity index (χ3n) is 6.11. The Labute approximate surface area is 186 Å². The maximum absolute atomic E-state index is 13.4. The van der Waals surface area contributed by atoms with Gasteiger partial charge in [-0.2, -0.15) is 0 Å². The number of anilines is 1. The summed E-state index contributed by atoms with van der Waals surface area (Å²) in [6.45, 7) is 4.66. The molecule has 1 aliphatic rings. The number of aromatic amines is 1. The highest BCUT2D eigenvalue weighted by atomic mass is 35.5. The number of rotatable bonds is 2. The van der Waals surface area contributed by atoms with Crippen molar-refractivity contribution >= 4 is 34.2 Å². The van der Waals surface area contributed by atoms with Gasteiger partial charge in [-0.15, -0.1) is 0 Å². The lowest BCUT2D eigenvalue weighted by atomic mass is 9.92. The minimum Gasteiger partial charge on any atom is -0.356 e. The Kier molecular flexibility index (Phi) is 4.95. The highest BCUT2D eigenvalue weighted by molar-refractivity contribution is 6.31. The fourth-order valence-corrected chi connectivity index (χ4v) is 4.60. The van der Waals surface area contributed by atoms with E-state index < -0.39 is 0 Å². The first kappa shape index (κ1) is 19.7. The van der Waals surface area contributed by atoms with Crippen LogP contribution in [0.3, 0.4) is 0 Å². The lowest BCUT2D eigenvalue weighted by molar-refractivity contribution is 0.193. The summed E-state index contributed by atoms with van der Waals surface area (Å²) >= 11 is 6.26. The molecular formula is C26H24ClN3O. The number of benzene rings is 3. The van der Waals surface area contributed by atoms with Gasteiger partial charge in [0.05, 0.1) is 6.04 Å². The van der Waals surface area contributed by atoms with Gasteiger partial charge in [-0.25, -0.2) is 4.79 Å². The van der Waals surface area contributed by atoms with E-state index >= 15 is 0 Å². The Morgan fingerprint density at radius 1 is 1.06 bits per heavy atom. The minimum atomic E-state index is -0.183. The zero-order chi connectivity index (χ0) is 21.5. The number of nitrogens with one attached hydrogen (secondary N) is 2. The van der Waals surface area contributed by atoms with Gasteiger partial charge in [-0.3, -0.25) is 0 Å². The van der Waals surface area contributed by atoms with Crippen LogP contribution in [0.4, 0.5) is 10.5 Å². The van der Waals surface area contributed by atoms with E-state index in [0.29, 0.717) is 17.3 Å². The lowest BCUT2D eigenvalue weighted by Crippen LogP contribution is -2.43. The summed E-state index contributed by atoms with van der Waals surface area (Å²) in [7, 11) is 0. The molecule has 156 valence electrons. The van der Waals surface area contributed by atoms with E-state index in [-0.39, 0.29) is 12.1 Å². The molecule has 2 N–H and O–H groups in total. The molecular weight excluding hydrogens is 406 g/mol. The topological polar surface area (TPSA) is 48.1 Å². The van der Waals surface area contributed by atoms with Gasteiger partial charge in [0.15, 0.2) is 0 Å².